The van der Waals surface area contributed by atoms with Gasteiger partial charge in [-0.1, -0.05) is 0 Å². The smallest absolute Gasteiger partial charge is 0.0101 e. The zero-order valence-electron chi connectivity index (χ0n) is 7.01. The number of likely N-dealkylation sites (tertiary alicyclic amines) is 1. The van der Waals surface area contributed by atoms with Gasteiger partial charge in [0.05, 0.1) is 0 Å². The van der Waals surface area contributed by atoms with Crippen molar-refractivity contribution in [2.24, 2.45) is 5.92 Å². The third-order valence-corrected chi connectivity index (χ3v) is 3.11. The van der Waals surface area contributed by atoms with Gasteiger partial charge in [-0.05, 0) is 39.0 Å². The van der Waals surface area contributed by atoms with Gasteiger partial charge in [0.1, 0.15) is 0 Å². The molecular formula is C9H17N. The fourth-order valence-electron chi connectivity index (χ4n) is 2.60. The van der Waals surface area contributed by atoms with Crippen molar-refractivity contribution in [3.63, 3.8) is 0 Å². The maximum atomic E-state index is 2.67. The molecule has 2 fully saturated rings. The summed E-state index contributed by atoms with van der Waals surface area (Å²) in [5.74, 6) is 1.06. The lowest BCUT2D eigenvalue weighted by atomic mass is 10.1. The summed E-state index contributed by atoms with van der Waals surface area (Å²) in [7, 11) is 0. The standard InChI is InChI=1S/C9H17N/c1-7(2)10-6-8-3-4-9(10)5-8/h7-9H,3-6H2,1-2H3/t8-,9+/m0/s1. The molecule has 1 saturated heterocycles. The van der Waals surface area contributed by atoms with Crippen molar-refractivity contribution in [3.05, 3.63) is 0 Å². The summed E-state index contributed by atoms with van der Waals surface area (Å²) in [6.07, 6.45) is 4.48. The van der Waals surface area contributed by atoms with Gasteiger partial charge in [0, 0.05) is 18.6 Å². The molecule has 1 aliphatic heterocycles. The molecule has 0 N–H and O–H groups in total. The number of hydrogen-bond donors (Lipinski definition) is 0. The minimum absolute atomic E-state index is 0.787. The quantitative estimate of drug-likeness (QED) is 0.536. The first-order valence-corrected chi connectivity index (χ1v) is 4.53. The van der Waals surface area contributed by atoms with Crippen molar-refractivity contribution >= 4 is 0 Å². The van der Waals surface area contributed by atoms with Crippen molar-refractivity contribution < 1.29 is 0 Å². The second kappa shape index (κ2) is 2.23. The van der Waals surface area contributed by atoms with Gasteiger partial charge < -0.3 is 0 Å². The molecule has 1 aliphatic carbocycles. The summed E-state index contributed by atoms with van der Waals surface area (Å²) < 4.78 is 0. The van der Waals surface area contributed by atoms with E-state index in [-0.39, 0.29) is 0 Å². The fraction of sp³-hybridized carbons (Fsp3) is 1.00. The van der Waals surface area contributed by atoms with Crippen LogP contribution >= 0.6 is 0 Å². The molecule has 10 heavy (non-hydrogen) atoms. The first-order chi connectivity index (χ1) is 4.77. The summed E-state index contributed by atoms with van der Waals surface area (Å²) in [6, 6.07) is 1.75. The largest absolute Gasteiger partial charge is 0.298 e. The zero-order valence-corrected chi connectivity index (χ0v) is 7.01. The lowest BCUT2D eigenvalue weighted by Crippen LogP contribution is -2.37. The molecule has 2 bridgehead atoms. The van der Waals surface area contributed by atoms with Crippen molar-refractivity contribution in [2.75, 3.05) is 6.54 Å². The molecular weight excluding hydrogens is 122 g/mol. The number of rotatable bonds is 1. The molecule has 1 heteroatoms. The lowest BCUT2D eigenvalue weighted by Gasteiger charge is -2.30. The van der Waals surface area contributed by atoms with Crippen LogP contribution in [0.4, 0.5) is 0 Å². The van der Waals surface area contributed by atoms with E-state index in [1.54, 1.807) is 0 Å². The molecule has 2 rings (SSSR count). The highest BCUT2D eigenvalue weighted by Crippen LogP contribution is 2.38. The van der Waals surface area contributed by atoms with E-state index in [1.165, 1.54) is 25.8 Å². The van der Waals surface area contributed by atoms with E-state index in [4.69, 9.17) is 0 Å². The van der Waals surface area contributed by atoms with Crippen LogP contribution in [0.2, 0.25) is 0 Å². The summed E-state index contributed by atoms with van der Waals surface area (Å²) >= 11 is 0. The van der Waals surface area contributed by atoms with E-state index in [0.717, 1.165) is 18.0 Å². The Hall–Kier alpha value is -0.0400. The normalized spacial score (nSPS) is 39.9. The van der Waals surface area contributed by atoms with Crippen molar-refractivity contribution in [1.29, 1.82) is 0 Å². The summed E-state index contributed by atoms with van der Waals surface area (Å²) in [5.41, 5.74) is 0. The molecule has 2 aliphatic rings. The van der Waals surface area contributed by atoms with Gasteiger partial charge in [0.2, 0.25) is 0 Å². The Balaban J connectivity index is 2.02. The number of nitrogens with zero attached hydrogens (tertiary/aromatic N) is 1. The molecule has 0 aromatic rings. The SMILES string of the molecule is CC(C)N1C[C@H]2CC[C@@H]1C2. The minimum Gasteiger partial charge on any atom is -0.298 e. The maximum Gasteiger partial charge on any atom is 0.0101 e. The van der Waals surface area contributed by atoms with Crippen LogP contribution in [0.3, 0.4) is 0 Å². The minimum atomic E-state index is 0.787. The van der Waals surface area contributed by atoms with Crippen LogP contribution in [0, 0.1) is 5.92 Å². The second-order valence-corrected chi connectivity index (χ2v) is 4.12. The Morgan fingerprint density at radius 2 is 2.10 bits per heavy atom. The molecule has 2 atom stereocenters. The van der Waals surface area contributed by atoms with E-state index < -0.39 is 0 Å². The van der Waals surface area contributed by atoms with E-state index in [9.17, 15) is 0 Å². The Kier molecular flexibility index (Phi) is 1.48. The molecule has 0 aromatic heterocycles. The Morgan fingerprint density at radius 1 is 1.30 bits per heavy atom. The van der Waals surface area contributed by atoms with Crippen molar-refractivity contribution in [1.82, 2.24) is 4.90 Å². The summed E-state index contributed by atoms with van der Waals surface area (Å²) in [5, 5.41) is 0. The highest BCUT2D eigenvalue weighted by Gasteiger charge is 2.38. The van der Waals surface area contributed by atoms with Crippen LogP contribution in [0.1, 0.15) is 33.1 Å². The average molecular weight is 139 g/mol. The van der Waals surface area contributed by atoms with Crippen LogP contribution in [-0.4, -0.2) is 23.5 Å². The third-order valence-electron chi connectivity index (χ3n) is 3.11. The molecule has 0 spiro atoms. The van der Waals surface area contributed by atoms with Gasteiger partial charge in [0.25, 0.3) is 0 Å². The van der Waals surface area contributed by atoms with Crippen LogP contribution in [-0.2, 0) is 0 Å². The number of piperidine rings is 1. The van der Waals surface area contributed by atoms with Crippen molar-refractivity contribution in [2.45, 2.75) is 45.2 Å². The molecule has 0 aromatic carbocycles. The van der Waals surface area contributed by atoms with Gasteiger partial charge in [-0.3, -0.25) is 4.90 Å². The maximum absolute atomic E-state index is 2.67. The Labute approximate surface area is 63.4 Å². The fourth-order valence-corrected chi connectivity index (χ4v) is 2.60. The Bertz CT molecular complexity index is 131. The third kappa shape index (κ3) is 0.878. The van der Waals surface area contributed by atoms with Crippen LogP contribution in [0.15, 0.2) is 0 Å². The summed E-state index contributed by atoms with van der Waals surface area (Å²) in [6.45, 7) is 6.03. The monoisotopic (exact) mass is 139 g/mol. The van der Waals surface area contributed by atoms with E-state index in [1.807, 2.05) is 0 Å². The van der Waals surface area contributed by atoms with Crippen LogP contribution in [0.5, 0.6) is 0 Å². The van der Waals surface area contributed by atoms with Gasteiger partial charge in [-0.25, -0.2) is 0 Å². The number of hydrogen-bond acceptors (Lipinski definition) is 1. The molecule has 58 valence electrons. The second-order valence-electron chi connectivity index (χ2n) is 4.12. The highest BCUT2D eigenvalue weighted by molar-refractivity contribution is 4.93. The molecule has 0 radical (unpaired) electrons. The first kappa shape index (κ1) is 6.66. The van der Waals surface area contributed by atoms with E-state index in [0.29, 0.717) is 0 Å². The van der Waals surface area contributed by atoms with Gasteiger partial charge in [-0.15, -0.1) is 0 Å². The van der Waals surface area contributed by atoms with Gasteiger partial charge in [-0.2, -0.15) is 0 Å². The molecule has 0 unspecified atom stereocenters. The van der Waals surface area contributed by atoms with Gasteiger partial charge >= 0.3 is 0 Å². The molecule has 1 saturated carbocycles. The van der Waals surface area contributed by atoms with Crippen molar-refractivity contribution in [3.8, 4) is 0 Å². The predicted octanol–water partition coefficient (Wildman–Crippen LogP) is 1.88. The first-order valence-electron chi connectivity index (χ1n) is 4.53. The highest BCUT2D eigenvalue weighted by atomic mass is 15.2. The predicted molar refractivity (Wildman–Crippen MR) is 43.0 cm³/mol. The van der Waals surface area contributed by atoms with Crippen LogP contribution in [0.25, 0.3) is 0 Å². The van der Waals surface area contributed by atoms with Gasteiger partial charge in [0.15, 0.2) is 0 Å². The topological polar surface area (TPSA) is 3.24 Å². The lowest BCUT2D eigenvalue weighted by molar-refractivity contribution is 0.170. The zero-order chi connectivity index (χ0) is 7.14. The summed E-state index contributed by atoms with van der Waals surface area (Å²) in [4.78, 5) is 2.67. The van der Waals surface area contributed by atoms with Crippen LogP contribution < -0.4 is 0 Å². The van der Waals surface area contributed by atoms with E-state index in [2.05, 4.69) is 18.7 Å². The number of fused-ring (bicyclic) bond motifs is 2. The average Bonchev–Trinajstić information content (AvgIpc) is 2.44. The molecule has 1 heterocycles. The molecule has 1 nitrogen and oxygen atoms in total. The Morgan fingerprint density at radius 3 is 2.40 bits per heavy atom. The van der Waals surface area contributed by atoms with E-state index >= 15 is 0 Å². The molecule has 0 amide bonds.